The van der Waals surface area contributed by atoms with E-state index in [1.54, 1.807) is 19.1 Å². The van der Waals surface area contributed by atoms with Crippen LogP contribution in [-0.4, -0.2) is 37.7 Å². The second kappa shape index (κ2) is 9.35. The van der Waals surface area contributed by atoms with E-state index in [1.807, 2.05) is 0 Å². The van der Waals surface area contributed by atoms with Crippen molar-refractivity contribution in [3.8, 4) is 5.75 Å². The number of carbonyl (C=O) groups is 2. The zero-order valence-corrected chi connectivity index (χ0v) is 17.8. The molecule has 0 radical (unpaired) electrons. The van der Waals surface area contributed by atoms with Gasteiger partial charge in [0.2, 0.25) is 0 Å². The molecular weight excluding hydrogens is 438 g/mol. The van der Waals surface area contributed by atoms with Crippen molar-refractivity contribution in [1.82, 2.24) is 5.16 Å². The maximum absolute atomic E-state index is 13.0. The largest absolute Gasteiger partial charge is 0.495 e. The summed E-state index contributed by atoms with van der Waals surface area (Å²) in [4.78, 5) is 22.9. The molecule has 0 saturated heterocycles. The van der Waals surface area contributed by atoms with Gasteiger partial charge in [-0.05, 0) is 48.9 Å². The summed E-state index contributed by atoms with van der Waals surface area (Å²) in [5.74, 6) is -1.19. The average Bonchev–Trinajstić information content (AvgIpc) is 3.18. The molecule has 3 N–H and O–H groups in total. The maximum atomic E-state index is 13.0. The van der Waals surface area contributed by atoms with E-state index in [9.17, 15) is 18.0 Å². The van der Waals surface area contributed by atoms with Crippen LogP contribution in [0.5, 0.6) is 5.75 Å². The summed E-state index contributed by atoms with van der Waals surface area (Å²) in [5, 5.41) is 15.0. The summed E-state index contributed by atoms with van der Waals surface area (Å²) >= 11 is 0. The number of carboxylic acid groups (broad SMARTS) is 1. The van der Waals surface area contributed by atoms with Crippen LogP contribution in [0.15, 0.2) is 64.2 Å². The molecule has 166 valence electrons. The second-order valence-corrected chi connectivity index (χ2v) is 8.17. The summed E-state index contributed by atoms with van der Waals surface area (Å²) in [7, 11) is -2.78. The Balaban J connectivity index is 1.86. The fourth-order valence-electron chi connectivity index (χ4n) is 2.76. The minimum atomic E-state index is -4.11. The van der Waals surface area contributed by atoms with Crippen LogP contribution in [0, 0.1) is 6.92 Å². The number of hydrogen-bond acceptors (Lipinski definition) is 7. The van der Waals surface area contributed by atoms with Crippen molar-refractivity contribution < 1.29 is 32.4 Å². The van der Waals surface area contributed by atoms with Crippen LogP contribution in [0.25, 0.3) is 6.08 Å². The topological polar surface area (TPSA) is 148 Å². The molecule has 11 heteroatoms. The molecule has 0 aliphatic rings. The molecular formula is C21H19N3O7S. The molecule has 3 aromatic rings. The van der Waals surface area contributed by atoms with E-state index in [0.29, 0.717) is 17.0 Å². The Bertz CT molecular complexity index is 1300. The monoisotopic (exact) mass is 457 g/mol. The minimum absolute atomic E-state index is 0.0809. The van der Waals surface area contributed by atoms with E-state index in [-0.39, 0.29) is 21.9 Å². The predicted octanol–water partition coefficient (Wildman–Crippen LogP) is 3.14. The van der Waals surface area contributed by atoms with Gasteiger partial charge >= 0.3 is 5.97 Å². The first-order valence-corrected chi connectivity index (χ1v) is 10.6. The van der Waals surface area contributed by atoms with E-state index in [4.69, 9.17) is 14.4 Å². The molecule has 1 amide bonds. The van der Waals surface area contributed by atoms with Gasteiger partial charge in [-0.1, -0.05) is 17.3 Å². The van der Waals surface area contributed by atoms with Crippen LogP contribution in [0.4, 0.5) is 11.4 Å². The van der Waals surface area contributed by atoms with Gasteiger partial charge in [0.15, 0.2) is 0 Å². The number of nitrogens with one attached hydrogen (secondary N) is 2. The lowest BCUT2D eigenvalue weighted by atomic mass is 10.2. The number of sulfonamides is 1. The van der Waals surface area contributed by atoms with Gasteiger partial charge < -0.3 is 19.7 Å². The van der Waals surface area contributed by atoms with Crippen LogP contribution in [0.2, 0.25) is 0 Å². The number of carboxylic acids is 1. The predicted molar refractivity (Wildman–Crippen MR) is 116 cm³/mol. The third-order valence-electron chi connectivity index (χ3n) is 4.26. The molecule has 0 spiro atoms. The number of methoxy groups -OCH3 is 1. The number of aromatic nitrogens is 1. The summed E-state index contributed by atoms with van der Waals surface area (Å²) in [6.45, 7) is 1.60. The lowest BCUT2D eigenvalue weighted by Gasteiger charge is -2.13. The van der Waals surface area contributed by atoms with E-state index in [1.165, 1.54) is 49.7 Å². The number of aliphatic carboxylic acids is 1. The first kappa shape index (κ1) is 22.6. The highest BCUT2D eigenvalue weighted by Crippen LogP contribution is 2.28. The van der Waals surface area contributed by atoms with Gasteiger partial charge in [-0.2, -0.15) is 0 Å². The Morgan fingerprint density at radius 3 is 2.56 bits per heavy atom. The van der Waals surface area contributed by atoms with Crippen LogP contribution in [0.1, 0.15) is 21.7 Å². The highest BCUT2D eigenvalue weighted by atomic mass is 32.2. The molecule has 0 atom stereocenters. The van der Waals surface area contributed by atoms with E-state index in [0.717, 1.165) is 6.08 Å². The molecule has 0 aliphatic carbocycles. The van der Waals surface area contributed by atoms with Gasteiger partial charge in [0, 0.05) is 11.8 Å². The number of benzene rings is 2. The number of hydrogen-bond donors (Lipinski definition) is 3. The lowest BCUT2D eigenvalue weighted by molar-refractivity contribution is -0.131. The summed E-state index contributed by atoms with van der Waals surface area (Å²) in [6, 6.07) is 10.4. The van der Waals surface area contributed by atoms with Crippen molar-refractivity contribution in [2.24, 2.45) is 0 Å². The first-order valence-electron chi connectivity index (χ1n) is 9.14. The number of nitrogens with zero attached hydrogens (tertiary/aromatic N) is 1. The Labute approximate surface area is 183 Å². The van der Waals surface area contributed by atoms with Gasteiger partial charge in [0.05, 0.1) is 19.0 Å². The number of ether oxygens (including phenoxy) is 1. The second-order valence-electron chi connectivity index (χ2n) is 6.52. The third kappa shape index (κ3) is 5.32. The zero-order chi connectivity index (χ0) is 23.3. The first-order chi connectivity index (χ1) is 15.2. The van der Waals surface area contributed by atoms with Gasteiger partial charge in [-0.3, -0.25) is 9.52 Å². The van der Waals surface area contributed by atoms with Gasteiger partial charge in [0.25, 0.3) is 15.9 Å². The molecule has 1 heterocycles. The van der Waals surface area contributed by atoms with E-state index >= 15 is 0 Å². The average molecular weight is 457 g/mol. The van der Waals surface area contributed by atoms with Gasteiger partial charge in [0.1, 0.15) is 22.0 Å². The van der Waals surface area contributed by atoms with Crippen LogP contribution in [-0.2, 0) is 14.8 Å². The van der Waals surface area contributed by atoms with Crippen molar-refractivity contribution in [3.63, 3.8) is 0 Å². The van der Waals surface area contributed by atoms with Crippen LogP contribution < -0.4 is 14.8 Å². The van der Waals surface area contributed by atoms with Gasteiger partial charge in [-0.15, -0.1) is 0 Å². The van der Waals surface area contributed by atoms with Crippen molar-refractivity contribution in [1.29, 1.82) is 0 Å². The van der Waals surface area contributed by atoms with Crippen molar-refractivity contribution in [3.05, 3.63) is 71.6 Å². The summed E-state index contributed by atoms with van der Waals surface area (Å²) < 4.78 is 38.4. The molecule has 10 nitrogen and oxygen atoms in total. The molecule has 3 rings (SSSR count). The number of carbonyl (C=O) groups excluding carboxylic acids is 1. The lowest BCUT2D eigenvalue weighted by Crippen LogP contribution is -2.15. The standard InChI is InChI=1S/C21H19N3O7S/c1-13-17(12-22-31-13)21(27)23-15-4-3-5-16(11-15)24-32(28,29)19-10-14(7-9-20(25)26)6-8-18(19)30-2/h3-12,24H,1-2H3,(H,23,27)(H,25,26)/b9-7+. The smallest absolute Gasteiger partial charge is 0.328 e. The summed E-state index contributed by atoms with van der Waals surface area (Å²) in [6.07, 6.45) is 3.45. The van der Waals surface area contributed by atoms with Crippen molar-refractivity contribution >= 4 is 39.4 Å². The van der Waals surface area contributed by atoms with Crippen LogP contribution >= 0.6 is 0 Å². The highest BCUT2D eigenvalue weighted by Gasteiger charge is 2.21. The summed E-state index contributed by atoms with van der Waals surface area (Å²) in [5.41, 5.74) is 1.16. The molecule has 0 unspecified atom stereocenters. The SMILES string of the molecule is COc1ccc(/C=C/C(=O)O)cc1S(=O)(=O)Nc1cccc(NC(=O)c2cnoc2C)c1. The Morgan fingerprint density at radius 2 is 1.91 bits per heavy atom. The third-order valence-corrected chi connectivity index (χ3v) is 5.67. The number of aryl methyl sites for hydroxylation is 1. The number of anilines is 2. The van der Waals surface area contributed by atoms with E-state index < -0.39 is 21.9 Å². The van der Waals surface area contributed by atoms with Crippen molar-refractivity contribution in [2.45, 2.75) is 11.8 Å². The van der Waals surface area contributed by atoms with Crippen molar-refractivity contribution in [2.75, 3.05) is 17.1 Å². The van der Waals surface area contributed by atoms with Crippen LogP contribution in [0.3, 0.4) is 0 Å². The van der Waals surface area contributed by atoms with Gasteiger partial charge in [-0.25, -0.2) is 13.2 Å². The molecule has 1 aromatic heterocycles. The van der Waals surface area contributed by atoms with E-state index in [2.05, 4.69) is 15.2 Å². The fourth-order valence-corrected chi connectivity index (χ4v) is 4.01. The number of rotatable bonds is 8. The minimum Gasteiger partial charge on any atom is -0.495 e. The molecule has 0 saturated carbocycles. The Kier molecular flexibility index (Phi) is 6.59. The molecule has 2 aromatic carbocycles. The number of amides is 1. The highest BCUT2D eigenvalue weighted by molar-refractivity contribution is 7.92. The zero-order valence-electron chi connectivity index (χ0n) is 17.0. The molecule has 0 aliphatic heterocycles. The molecule has 0 fully saturated rings. The maximum Gasteiger partial charge on any atom is 0.328 e. The molecule has 32 heavy (non-hydrogen) atoms. The fraction of sp³-hybridized carbons (Fsp3) is 0.0952. The quantitative estimate of drug-likeness (QED) is 0.437. The normalized spacial score (nSPS) is 11.3. The Hall–Kier alpha value is -4.12. The molecule has 0 bridgehead atoms. The Morgan fingerprint density at radius 1 is 1.16 bits per heavy atom.